The number of rotatable bonds is 4. The zero-order valence-corrected chi connectivity index (χ0v) is 20.2. The van der Waals surface area contributed by atoms with Crippen LogP contribution in [-0.4, -0.2) is 36.9 Å². The van der Waals surface area contributed by atoms with Gasteiger partial charge in [-0.25, -0.2) is 4.57 Å². The lowest BCUT2D eigenvalue weighted by molar-refractivity contribution is -0.116. The first-order chi connectivity index (χ1) is 17.0. The molecule has 0 saturated heterocycles. The molecule has 1 atom stereocenters. The summed E-state index contributed by atoms with van der Waals surface area (Å²) in [6.45, 7) is 4.08. The van der Waals surface area contributed by atoms with Crippen molar-refractivity contribution in [2.24, 2.45) is 0 Å². The SMILES string of the molecule is Cc1ccc(-n2c(=O)c3ccccc3n3c(SCC(=O)N4c5ccccc5CC4C)nnc23)cc1. The number of hydrogen-bond acceptors (Lipinski definition) is 5. The van der Waals surface area contributed by atoms with Crippen molar-refractivity contribution in [2.45, 2.75) is 31.5 Å². The van der Waals surface area contributed by atoms with E-state index in [1.165, 1.54) is 17.3 Å². The first-order valence-corrected chi connectivity index (χ1v) is 12.5. The second kappa shape index (κ2) is 8.39. The Labute approximate surface area is 206 Å². The van der Waals surface area contributed by atoms with Crippen LogP contribution in [0.2, 0.25) is 0 Å². The summed E-state index contributed by atoms with van der Waals surface area (Å²) in [5, 5.41) is 9.92. The van der Waals surface area contributed by atoms with Gasteiger partial charge in [-0.1, -0.05) is 59.8 Å². The molecule has 0 radical (unpaired) electrons. The number of benzene rings is 3. The number of fused-ring (bicyclic) bond motifs is 4. The van der Waals surface area contributed by atoms with Crippen LogP contribution in [0.5, 0.6) is 0 Å². The number of nitrogens with zero attached hydrogens (tertiary/aromatic N) is 5. The summed E-state index contributed by atoms with van der Waals surface area (Å²) in [5.74, 6) is 0.671. The molecule has 8 heteroatoms. The molecule has 0 saturated carbocycles. The van der Waals surface area contributed by atoms with Crippen molar-refractivity contribution in [3.8, 4) is 5.69 Å². The van der Waals surface area contributed by atoms with Gasteiger partial charge in [0, 0.05) is 11.7 Å². The topological polar surface area (TPSA) is 72.5 Å². The number of thioether (sulfide) groups is 1. The molecule has 1 unspecified atom stereocenters. The molecule has 1 amide bonds. The molecule has 5 aromatic rings. The van der Waals surface area contributed by atoms with Crippen molar-refractivity contribution in [3.05, 3.63) is 94.3 Å². The number of aryl methyl sites for hydroxylation is 1. The van der Waals surface area contributed by atoms with Gasteiger partial charge in [0.25, 0.3) is 5.56 Å². The lowest BCUT2D eigenvalue weighted by Gasteiger charge is -2.22. The summed E-state index contributed by atoms with van der Waals surface area (Å²) >= 11 is 1.34. The van der Waals surface area contributed by atoms with E-state index in [-0.39, 0.29) is 23.3 Å². The fraction of sp³-hybridized carbons (Fsp3) is 0.185. The van der Waals surface area contributed by atoms with Gasteiger partial charge >= 0.3 is 0 Å². The maximum absolute atomic E-state index is 13.4. The van der Waals surface area contributed by atoms with Crippen LogP contribution >= 0.6 is 11.8 Å². The molecule has 0 N–H and O–H groups in total. The third-order valence-electron chi connectivity index (χ3n) is 6.49. The average Bonchev–Trinajstić information content (AvgIpc) is 3.44. The molecule has 2 aromatic heterocycles. The highest BCUT2D eigenvalue weighted by Crippen LogP contribution is 2.33. The monoisotopic (exact) mass is 481 g/mol. The van der Waals surface area contributed by atoms with Crippen molar-refractivity contribution in [1.29, 1.82) is 0 Å². The van der Waals surface area contributed by atoms with Crippen molar-refractivity contribution in [1.82, 2.24) is 19.2 Å². The maximum atomic E-state index is 13.4. The standard InChI is InChI=1S/C27H23N5O2S/c1-17-11-13-20(14-12-17)31-25(34)21-8-4-6-10-23(21)32-26(31)28-29-27(32)35-16-24(33)30-18(2)15-19-7-3-5-9-22(19)30/h3-14,18H,15-16H2,1-2H3. The quantitative estimate of drug-likeness (QED) is 0.356. The highest BCUT2D eigenvalue weighted by molar-refractivity contribution is 7.99. The summed E-state index contributed by atoms with van der Waals surface area (Å²) in [6.07, 6.45) is 0.855. The average molecular weight is 482 g/mol. The molecule has 0 fully saturated rings. The highest BCUT2D eigenvalue weighted by atomic mass is 32.2. The minimum Gasteiger partial charge on any atom is -0.308 e. The first-order valence-electron chi connectivity index (χ1n) is 11.5. The van der Waals surface area contributed by atoms with E-state index < -0.39 is 0 Å². The molecule has 0 aliphatic carbocycles. The van der Waals surface area contributed by atoms with Crippen LogP contribution in [0.1, 0.15) is 18.1 Å². The number of hydrogen-bond donors (Lipinski definition) is 0. The Bertz CT molecular complexity index is 1650. The van der Waals surface area contributed by atoms with E-state index in [9.17, 15) is 9.59 Å². The third kappa shape index (κ3) is 3.52. The molecular formula is C27H23N5O2S. The Balaban J connectivity index is 1.42. The molecule has 7 nitrogen and oxygen atoms in total. The molecule has 35 heavy (non-hydrogen) atoms. The Morgan fingerprint density at radius 2 is 1.74 bits per heavy atom. The molecule has 0 bridgehead atoms. The lowest BCUT2D eigenvalue weighted by atomic mass is 10.1. The summed E-state index contributed by atoms with van der Waals surface area (Å²) in [4.78, 5) is 28.6. The van der Waals surface area contributed by atoms with Crippen LogP contribution in [-0.2, 0) is 11.2 Å². The Morgan fingerprint density at radius 3 is 2.57 bits per heavy atom. The van der Waals surface area contributed by atoms with E-state index in [4.69, 9.17) is 0 Å². The zero-order chi connectivity index (χ0) is 24.1. The molecule has 3 heterocycles. The normalized spacial score (nSPS) is 15.1. The van der Waals surface area contributed by atoms with Gasteiger partial charge in [-0.15, -0.1) is 10.2 Å². The van der Waals surface area contributed by atoms with Crippen molar-refractivity contribution >= 4 is 40.0 Å². The van der Waals surface area contributed by atoms with E-state index >= 15 is 0 Å². The number of amides is 1. The molecular weight excluding hydrogens is 458 g/mol. The van der Waals surface area contributed by atoms with Gasteiger partial charge in [-0.05, 0) is 56.2 Å². The molecule has 1 aliphatic rings. The van der Waals surface area contributed by atoms with Gasteiger partial charge in [0.15, 0.2) is 5.16 Å². The molecule has 0 spiro atoms. The number of para-hydroxylation sites is 2. The molecule has 1 aliphatic heterocycles. The van der Waals surface area contributed by atoms with Gasteiger partial charge < -0.3 is 4.90 Å². The van der Waals surface area contributed by atoms with E-state index in [1.807, 2.05) is 83.0 Å². The van der Waals surface area contributed by atoms with Crippen molar-refractivity contribution in [2.75, 3.05) is 10.7 Å². The van der Waals surface area contributed by atoms with E-state index in [1.54, 1.807) is 4.57 Å². The van der Waals surface area contributed by atoms with Crippen LogP contribution in [0.15, 0.2) is 82.7 Å². The predicted molar refractivity (Wildman–Crippen MR) is 139 cm³/mol. The summed E-state index contributed by atoms with van der Waals surface area (Å²) in [7, 11) is 0. The number of carbonyl (C=O) groups is 1. The van der Waals surface area contributed by atoms with Crippen LogP contribution < -0.4 is 10.5 Å². The van der Waals surface area contributed by atoms with Gasteiger partial charge in [-0.3, -0.25) is 14.0 Å². The largest absolute Gasteiger partial charge is 0.308 e. The summed E-state index contributed by atoms with van der Waals surface area (Å²) in [6, 6.07) is 23.3. The van der Waals surface area contributed by atoms with Crippen molar-refractivity contribution in [3.63, 3.8) is 0 Å². The smallest absolute Gasteiger partial charge is 0.267 e. The van der Waals surface area contributed by atoms with Crippen LogP contribution in [0.3, 0.4) is 0 Å². The van der Waals surface area contributed by atoms with E-state index in [0.717, 1.165) is 28.9 Å². The summed E-state index contributed by atoms with van der Waals surface area (Å²) < 4.78 is 3.45. The Morgan fingerprint density at radius 1 is 1.00 bits per heavy atom. The van der Waals surface area contributed by atoms with Crippen LogP contribution in [0, 0.1) is 6.92 Å². The fourth-order valence-corrected chi connectivity index (χ4v) is 5.64. The molecule has 6 rings (SSSR count). The highest BCUT2D eigenvalue weighted by Gasteiger charge is 2.30. The maximum Gasteiger partial charge on any atom is 0.267 e. The Kier molecular flexibility index (Phi) is 5.18. The van der Waals surface area contributed by atoms with Gasteiger partial charge in [0.1, 0.15) is 0 Å². The first kappa shape index (κ1) is 21.6. The van der Waals surface area contributed by atoms with Crippen molar-refractivity contribution < 1.29 is 4.79 Å². The lowest BCUT2D eigenvalue weighted by Crippen LogP contribution is -2.37. The zero-order valence-electron chi connectivity index (χ0n) is 19.4. The third-order valence-corrected chi connectivity index (χ3v) is 7.40. The van der Waals surface area contributed by atoms with Gasteiger partial charge in [0.05, 0.1) is 22.3 Å². The van der Waals surface area contributed by atoms with E-state index in [2.05, 4.69) is 23.2 Å². The summed E-state index contributed by atoms with van der Waals surface area (Å²) in [5.41, 5.74) is 4.57. The van der Waals surface area contributed by atoms with E-state index in [0.29, 0.717) is 16.3 Å². The minimum absolute atomic E-state index is 0.0281. The van der Waals surface area contributed by atoms with Crippen LogP contribution in [0.25, 0.3) is 22.4 Å². The number of aromatic nitrogens is 4. The Hall–Kier alpha value is -3.91. The number of anilines is 1. The molecule has 174 valence electrons. The van der Waals surface area contributed by atoms with Crippen LogP contribution in [0.4, 0.5) is 5.69 Å². The molecule has 3 aromatic carbocycles. The second-order valence-corrected chi connectivity index (χ2v) is 9.79. The van der Waals surface area contributed by atoms with Gasteiger partial charge in [-0.2, -0.15) is 0 Å². The fourth-order valence-electron chi connectivity index (χ4n) is 4.84. The number of carbonyl (C=O) groups excluding carboxylic acids is 1. The predicted octanol–water partition coefficient (Wildman–Crippen LogP) is 4.41. The van der Waals surface area contributed by atoms with Gasteiger partial charge in [0.2, 0.25) is 11.7 Å². The minimum atomic E-state index is -0.153. The second-order valence-electron chi connectivity index (χ2n) is 8.85.